The van der Waals surface area contributed by atoms with Crippen LogP contribution in [-0.2, 0) is 16.6 Å². The minimum Gasteiger partial charge on any atom is -0.312 e. The van der Waals surface area contributed by atoms with E-state index in [4.69, 9.17) is 4.98 Å². The average molecular weight is 425 g/mol. The Bertz CT molecular complexity index is 1200. The van der Waals surface area contributed by atoms with E-state index in [9.17, 15) is 8.42 Å². The van der Waals surface area contributed by atoms with Crippen LogP contribution in [0, 0.1) is 19.8 Å². The Hall–Kier alpha value is -2.25. The molecule has 0 bridgehead atoms. The molecule has 158 valence electrons. The van der Waals surface area contributed by atoms with Gasteiger partial charge in [-0.2, -0.15) is 4.31 Å². The Morgan fingerprint density at radius 2 is 1.93 bits per heavy atom. The Morgan fingerprint density at radius 3 is 2.70 bits per heavy atom. The molecule has 3 heterocycles. The third-order valence-corrected chi connectivity index (χ3v) is 8.38. The first-order valence-electron chi connectivity index (χ1n) is 10.8. The third-order valence-electron chi connectivity index (χ3n) is 6.51. The van der Waals surface area contributed by atoms with Crippen molar-refractivity contribution in [3.05, 3.63) is 53.5 Å². The van der Waals surface area contributed by atoms with Crippen molar-refractivity contribution in [2.45, 2.75) is 56.9 Å². The highest BCUT2D eigenvalue weighted by Crippen LogP contribution is 2.41. The minimum absolute atomic E-state index is 0.261. The van der Waals surface area contributed by atoms with E-state index in [-0.39, 0.29) is 5.92 Å². The molecule has 7 heteroatoms. The molecule has 6 nitrogen and oxygen atoms in total. The quantitative estimate of drug-likeness (QED) is 0.620. The number of nitrogens with zero attached hydrogens (tertiary/aromatic N) is 4. The lowest BCUT2D eigenvalue weighted by Crippen LogP contribution is -2.41. The van der Waals surface area contributed by atoms with Crippen molar-refractivity contribution in [1.82, 2.24) is 18.8 Å². The van der Waals surface area contributed by atoms with Gasteiger partial charge in [-0.25, -0.2) is 18.4 Å². The van der Waals surface area contributed by atoms with E-state index < -0.39 is 10.0 Å². The summed E-state index contributed by atoms with van der Waals surface area (Å²) in [6.45, 7) is 5.88. The summed E-state index contributed by atoms with van der Waals surface area (Å²) in [7, 11) is -3.48. The lowest BCUT2D eigenvalue weighted by molar-refractivity contribution is 0.245. The summed E-state index contributed by atoms with van der Waals surface area (Å²) in [6.07, 6.45) is 6.08. The molecule has 0 radical (unpaired) electrons. The lowest BCUT2D eigenvalue weighted by Gasteiger charge is -2.32. The minimum atomic E-state index is -3.48. The van der Waals surface area contributed by atoms with Crippen LogP contribution in [-0.4, -0.2) is 40.3 Å². The fraction of sp³-hybridized carbons (Fsp3) is 0.478. The summed E-state index contributed by atoms with van der Waals surface area (Å²) in [6, 6.07) is 9.37. The van der Waals surface area contributed by atoms with Gasteiger partial charge in [0.1, 0.15) is 11.3 Å². The zero-order valence-electron chi connectivity index (χ0n) is 17.6. The maximum absolute atomic E-state index is 13.3. The summed E-state index contributed by atoms with van der Waals surface area (Å²) >= 11 is 0. The molecule has 1 aliphatic heterocycles. The molecule has 2 fully saturated rings. The molecule has 1 atom stereocenters. The van der Waals surface area contributed by atoms with Crippen LogP contribution < -0.4 is 0 Å². The molecular formula is C23H28N4O2S. The second-order valence-corrected chi connectivity index (χ2v) is 10.8. The number of hydrogen-bond acceptors (Lipinski definition) is 4. The zero-order valence-corrected chi connectivity index (χ0v) is 18.4. The molecule has 0 N–H and O–H groups in total. The number of rotatable bonds is 5. The average Bonchev–Trinajstić information content (AvgIpc) is 3.53. The third kappa shape index (κ3) is 3.54. The Balaban J connectivity index is 1.41. The number of sulfonamides is 1. The fourth-order valence-corrected chi connectivity index (χ4v) is 6.13. The number of aryl methyl sites for hydroxylation is 2. The second-order valence-electron chi connectivity index (χ2n) is 8.82. The van der Waals surface area contributed by atoms with Crippen molar-refractivity contribution in [1.29, 1.82) is 0 Å². The normalized spacial score (nSPS) is 20.7. The van der Waals surface area contributed by atoms with Crippen molar-refractivity contribution >= 4 is 21.2 Å². The van der Waals surface area contributed by atoms with Gasteiger partial charge >= 0.3 is 0 Å². The Morgan fingerprint density at radius 1 is 1.10 bits per heavy atom. The van der Waals surface area contributed by atoms with Crippen LogP contribution in [0.25, 0.3) is 11.2 Å². The zero-order chi connectivity index (χ0) is 20.9. The van der Waals surface area contributed by atoms with Gasteiger partial charge in [-0.1, -0.05) is 6.07 Å². The largest absolute Gasteiger partial charge is 0.312 e. The summed E-state index contributed by atoms with van der Waals surface area (Å²) < 4.78 is 30.5. The topological polar surface area (TPSA) is 68.1 Å². The summed E-state index contributed by atoms with van der Waals surface area (Å²) in [5, 5.41) is 0. The Kier molecular flexibility index (Phi) is 4.90. The van der Waals surface area contributed by atoms with E-state index in [0.29, 0.717) is 23.9 Å². The monoisotopic (exact) mass is 424 g/mol. The fourth-order valence-electron chi connectivity index (χ4n) is 4.49. The first-order valence-corrected chi connectivity index (χ1v) is 12.3. The standard InChI is InChI=1S/C23H28N4O2S/c1-16-7-10-20(13-17(16)2)30(28,29)26-12-4-5-18(14-26)15-27-22(19-8-9-19)25-21-6-3-11-24-23(21)27/h3,6-7,10-11,13,18-19H,4-5,8-9,12,14-15H2,1-2H3. The van der Waals surface area contributed by atoms with Gasteiger partial charge in [-0.05, 0) is 80.8 Å². The predicted molar refractivity (Wildman–Crippen MR) is 117 cm³/mol. The number of benzene rings is 1. The lowest BCUT2D eigenvalue weighted by atomic mass is 9.99. The van der Waals surface area contributed by atoms with E-state index in [0.717, 1.165) is 47.5 Å². The van der Waals surface area contributed by atoms with Crippen LogP contribution in [0.3, 0.4) is 0 Å². The highest BCUT2D eigenvalue weighted by atomic mass is 32.2. The van der Waals surface area contributed by atoms with E-state index in [1.807, 2.05) is 38.2 Å². The second kappa shape index (κ2) is 7.46. The summed E-state index contributed by atoms with van der Waals surface area (Å²) in [5.74, 6) is 1.91. The van der Waals surface area contributed by atoms with Crippen LogP contribution in [0.1, 0.15) is 48.6 Å². The van der Waals surface area contributed by atoms with Crippen LogP contribution in [0.2, 0.25) is 0 Å². The van der Waals surface area contributed by atoms with E-state index in [2.05, 4.69) is 9.55 Å². The number of pyridine rings is 1. The SMILES string of the molecule is Cc1ccc(S(=O)(=O)N2CCCC(Cn3c(C4CC4)nc4cccnc43)C2)cc1C. The molecule has 1 aliphatic carbocycles. The number of imidazole rings is 1. The predicted octanol–water partition coefficient (Wildman–Crippen LogP) is 4.03. The number of hydrogen-bond donors (Lipinski definition) is 0. The molecule has 0 spiro atoms. The molecule has 1 saturated carbocycles. The molecule has 3 aromatic rings. The first-order chi connectivity index (χ1) is 14.4. The molecule has 2 aliphatic rings. The van der Waals surface area contributed by atoms with E-state index >= 15 is 0 Å². The molecule has 1 saturated heterocycles. The van der Waals surface area contributed by atoms with Crippen molar-refractivity contribution in [2.75, 3.05) is 13.1 Å². The summed E-state index contributed by atoms with van der Waals surface area (Å²) in [4.78, 5) is 9.82. The van der Waals surface area contributed by atoms with Crippen LogP contribution in [0.5, 0.6) is 0 Å². The van der Waals surface area contributed by atoms with Crippen LogP contribution >= 0.6 is 0 Å². The highest BCUT2D eigenvalue weighted by Gasteiger charge is 2.34. The number of aromatic nitrogens is 3. The van der Waals surface area contributed by atoms with Gasteiger partial charge in [-0.3, -0.25) is 0 Å². The van der Waals surface area contributed by atoms with Crippen molar-refractivity contribution in [2.24, 2.45) is 5.92 Å². The molecule has 2 aromatic heterocycles. The first kappa shape index (κ1) is 19.7. The summed E-state index contributed by atoms with van der Waals surface area (Å²) in [5.41, 5.74) is 3.98. The maximum atomic E-state index is 13.3. The van der Waals surface area contributed by atoms with Crippen LogP contribution in [0.4, 0.5) is 0 Å². The van der Waals surface area contributed by atoms with Gasteiger partial charge in [0.15, 0.2) is 5.65 Å². The molecule has 1 unspecified atom stereocenters. The smallest absolute Gasteiger partial charge is 0.243 e. The molecule has 30 heavy (non-hydrogen) atoms. The van der Waals surface area contributed by atoms with Gasteiger partial charge in [0.05, 0.1) is 4.90 Å². The number of piperidine rings is 1. The molecular weight excluding hydrogens is 396 g/mol. The molecule has 5 rings (SSSR count). The van der Waals surface area contributed by atoms with Gasteiger partial charge in [0.25, 0.3) is 0 Å². The van der Waals surface area contributed by atoms with Gasteiger partial charge in [0.2, 0.25) is 10.0 Å². The van der Waals surface area contributed by atoms with E-state index in [1.54, 1.807) is 16.4 Å². The number of fused-ring (bicyclic) bond motifs is 1. The Labute approximate surface area is 178 Å². The van der Waals surface area contributed by atoms with Crippen LogP contribution in [0.15, 0.2) is 41.4 Å². The highest BCUT2D eigenvalue weighted by molar-refractivity contribution is 7.89. The molecule has 1 aromatic carbocycles. The van der Waals surface area contributed by atoms with E-state index in [1.165, 1.54) is 12.8 Å². The van der Waals surface area contributed by atoms with Gasteiger partial charge < -0.3 is 4.57 Å². The van der Waals surface area contributed by atoms with Gasteiger partial charge in [-0.15, -0.1) is 0 Å². The van der Waals surface area contributed by atoms with Crippen molar-refractivity contribution in [3.63, 3.8) is 0 Å². The van der Waals surface area contributed by atoms with Crippen molar-refractivity contribution in [3.8, 4) is 0 Å². The van der Waals surface area contributed by atoms with Crippen molar-refractivity contribution < 1.29 is 8.42 Å². The maximum Gasteiger partial charge on any atom is 0.243 e. The van der Waals surface area contributed by atoms with Gasteiger partial charge in [0, 0.05) is 31.7 Å². The molecule has 0 amide bonds.